The van der Waals surface area contributed by atoms with Crippen LogP contribution >= 0.6 is 0 Å². The Morgan fingerprint density at radius 3 is 2.69 bits per heavy atom. The molecule has 2 aliphatic rings. The number of ketones is 1. The van der Waals surface area contributed by atoms with Crippen molar-refractivity contribution in [3.8, 4) is 0 Å². The standard InChI is InChI=1S/C12H10O/c1-7-3-2-4-8-9-5-6-10(11(7)8)12(9)13/h2-6,9-10H,1H3. The molecule has 1 aromatic rings. The van der Waals surface area contributed by atoms with Gasteiger partial charge in [0.15, 0.2) is 5.78 Å². The molecule has 13 heavy (non-hydrogen) atoms. The van der Waals surface area contributed by atoms with Gasteiger partial charge in [-0.15, -0.1) is 0 Å². The summed E-state index contributed by atoms with van der Waals surface area (Å²) in [6, 6.07) is 6.20. The summed E-state index contributed by atoms with van der Waals surface area (Å²) in [7, 11) is 0. The van der Waals surface area contributed by atoms with E-state index in [2.05, 4.69) is 19.1 Å². The van der Waals surface area contributed by atoms with Crippen molar-refractivity contribution in [1.29, 1.82) is 0 Å². The summed E-state index contributed by atoms with van der Waals surface area (Å²) in [5.41, 5.74) is 3.75. The van der Waals surface area contributed by atoms with Crippen molar-refractivity contribution in [1.82, 2.24) is 0 Å². The lowest BCUT2D eigenvalue weighted by Gasteiger charge is -2.10. The van der Waals surface area contributed by atoms with E-state index < -0.39 is 0 Å². The van der Waals surface area contributed by atoms with Crippen molar-refractivity contribution >= 4 is 5.78 Å². The van der Waals surface area contributed by atoms with Crippen LogP contribution in [-0.4, -0.2) is 5.78 Å². The largest absolute Gasteiger partial charge is 0.298 e. The van der Waals surface area contributed by atoms with E-state index in [4.69, 9.17) is 0 Å². The van der Waals surface area contributed by atoms with Crippen molar-refractivity contribution in [2.75, 3.05) is 0 Å². The van der Waals surface area contributed by atoms with E-state index in [1.54, 1.807) is 0 Å². The van der Waals surface area contributed by atoms with Gasteiger partial charge in [0.25, 0.3) is 0 Å². The van der Waals surface area contributed by atoms with Crippen LogP contribution in [0.2, 0.25) is 0 Å². The van der Waals surface area contributed by atoms with Crippen LogP contribution in [0.5, 0.6) is 0 Å². The summed E-state index contributed by atoms with van der Waals surface area (Å²) >= 11 is 0. The molecular weight excluding hydrogens is 160 g/mol. The second-order valence-electron chi connectivity index (χ2n) is 3.82. The van der Waals surface area contributed by atoms with Crippen molar-refractivity contribution in [3.63, 3.8) is 0 Å². The Kier molecular flexibility index (Phi) is 1.15. The molecule has 0 saturated heterocycles. The number of Topliss-reactive ketones (excluding diaryl/α,β-unsaturated/α-hetero) is 1. The highest BCUT2D eigenvalue weighted by Crippen LogP contribution is 2.46. The van der Waals surface area contributed by atoms with Gasteiger partial charge in [-0.2, -0.15) is 0 Å². The van der Waals surface area contributed by atoms with Crippen molar-refractivity contribution in [3.05, 3.63) is 47.0 Å². The molecule has 0 spiro atoms. The molecule has 1 nitrogen and oxygen atoms in total. The summed E-state index contributed by atoms with van der Waals surface area (Å²) < 4.78 is 0. The number of benzene rings is 1. The first-order valence-electron chi connectivity index (χ1n) is 4.60. The lowest BCUT2D eigenvalue weighted by molar-refractivity contribution is -0.118. The molecule has 2 bridgehead atoms. The predicted molar refractivity (Wildman–Crippen MR) is 50.8 cm³/mol. The molecule has 0 aromatic heterocycles. The first-order valence-corrected chi connectivity index (χ1v) is 4.60. The van der Waals surface area contributed by atoms with Gasteiger partial charge in [-0.05, 0) is 23.6 Å². The summed E-state index contributed by atoms with van der Waals surface area (Å²) in [5, 5.41) is 0. The molecule has 3 rings (SSSR count). The Morgan fingerprint density at radius 1 is 1.15 bits per heavy atom. The lowest BCUT2D eigenvalue weighted by atomic mass is 9.93. The Balaban J connectivity index is 2.33. The Morgan fingerprint density at radius 2 is 1.92 bits per heavy atom. The molecule has 0 N–H and O–H groups in total. The first kappa shape index (κ1) is 7.07. The topological polar surface area (TPSA) is 17.1 Å². The average molecular weight is 170 g/mol. The fraction of sp³-hybridized carbons (Fsp3) is 0.250. The molecule has 2 atom stereocenters. The van der Waals surface area contributed by atoms with Gasteiger partial charge >= 0.3 is 0 Å². The quantitative estimate of drug-likeness (QED) is 0.546. The minimum Gasteiger partial charge on any atom is -0.298 e. The normalized spacial score (nSPS) is 28.2. The molecule has 0 heterocycles. The van der Waals surface area contributed by atoms with E-state index in [-0.39, 0.29) is 11.8 Å². The molecular formula is C12H10O. The second kappa shape index (κ2) is 2.11. The number of hydrogen-bond acceptors (Lipinski definition) is 1. The van der Waals surface area contributed by atoms with E-state index in [0.717, 1.165) is 0 Å². The highest BCUT2D eigenvalue weighted by molar-refractivity contribution is 6.02. The summed E-state index contributed by atoms with van der Waals surface area (Å²) in [6.07, 6.45) is 4.08. The molecule has 0 fully saturated rings. The van der Waals surface area contributed by atoms with Crippen molar-refractivity contribution in [2.24, 2.45) is 0 Å². The van der Waals surface area contributed by atoms with Gasteiger partial charge in [0.05, 0.1) is 11.8 Å². The molecule has 2 unspecified atom stereocenters. The summed E-state index contributed by atoms with van der Waals surface area (Å²) in [5.74, 6) is 0.505. The van der Waals surface area contributed by atoms with Crippen LogP contribution in [0.15, 0.2) is 30.4 Å². The van der Waals surface area contributed by atoms with E-state index in [1.165, 1.54) is 16.7 Å². The average Bonchev–Trinajstić information content (AvgIpc) is 2.61. The SMILES string of the molecule is Cc1cccc2c1C1C=CC2C1=O. The maximum atomic E-state index is 11.7. The Labute approximate surface area is 77.1 Å². The van der Waals surface area contributed by atoms with Gasteiger partial charge in [0, 0.05) is 0 Å². The molecule has 0 saturated carbocycles. The van der Waals surface area contributed by atoms with Crippen LogP contribution < -0.4 is 0 Å². The molecule has 0 aliphatic heterocycles. The zero-order valence-electron chi connectivity index (χ0n) is 7.45. The van der Waals surface area contributed by atoms with Crippen LogP contribution in [0, 0.1) is 6.92 Å². The van der Waals surface area contributed by atoms with Crippen LogP contribution in [0.1, 0.15) is 28.5 Å². The zero-order valence-corrected chi connectivity index (χ0v) is 7.45. The third kappa shape index (κ3) is 0.700. The van der Waals surface area contributed by atoms with Gasteiger partial charge in [0.2, 0.25) is 0 Å². The lowest BCUT2D eigenvalue weighted by Crippen LogP contribution is -2.00. The van der Waals surface area contributed by atoms with Crippen molar-refractivity contribution < 1.29 is 4.79 Å². The number of fused-ring (bicyclic) bond motifs is 5. The number of rotatable bonds is 0. The van der Waals surface area contributed by atoms with Crippen LogP contribution in [0.3, 0.4) is 0 Å². The van der Waals surface area contributed by atoms with Gasteiger partial charge in [-0.3, -0.25) is 4.79 Å². The summed E-state index contributed by atoms with van der Waals surface area (Å²) in [6.45, 7) is 2.08. The van der Waals surface area contributed by atoms with Crippen molar-refractivity contribution in [2.45, 2.75) is 18.8 Å². The van der Waals surface area contributed by atoms with E-state index in [1.807, 2.05) is 18.2 Å². The molecule has 64 valence electrons. The summed E-state index contributed by atoms with van der Waals surface area (Å²) in [4.78, 5) is 11.7. The van der Waals surface area contributed by atoms with Crippen LogP contribution in [0.25, 0.3) is 0 Å². The number of carbonyl (C=O) groups excluding carboxylic acids is 1. The monoisotopic (exact) mass is 170 g/mol. The van der Waals surface area contributed by atoms with Gasteiger partial charge < -0.3 is 0 Å². The molecule has 0 amide bonds. The molecule has 1 aromatic carbocycles. The fourth-order valence-corrected chi connectivity index (χ4v) is 2.50. The van der Waals surface area contributed by atoms with Gasteiger partial charge in [-0.1, -0.05) is 30.4 Å². The van der Waals surface area contributed by atoms with Gasteiger partial charge in [0.1, 0.15) is 0 Å². The highest BCUT2D eigenvalue weighted by Gasteiger charge is 2.41. The van der Waals surface area contributed by atoms with E-state index >= 15 is 0 Å². The van der Waals surface area contributed by atoms with Crippen LogP contribution in [-0.2, 0) is 4.79 Å². The molecule has 0 radical (unpaired) electrons. The Hall–Kier alpha value is -1.37. The minimum absolute atomic E-state index is 0.0694. The third-order valence-electron chi connectivity index (χ3n) is 3.11. The smallest absolute Gasteiger partial charge is 0.155 e. The number of aryl methyl sites for hydroxylation is 1. The zero-order chi connectivity index (χ0) is 9.00. The third-order valence-corrected chi connectivity index (χ3v) is 3.11. The Bertz CT molecular complexity index is 429. The molecule has 2 aliphatic carbocycles. The predicted octanol–water partition coefficient (Wildman–Crippen LogP) is 2.31. The fourth-order valence-electron chi connectivity index (χ4n) is 2.50. The number of allylic oxidation sites excluding steroid dienone is 2. The highest BCUT2D eigenvalue weighted by atomic mass is 16.1. The minimum atomic E-state index is 0.0694. The van der Waals surface area contributed by atoms with E-state index in [9.17, 15) is 4.79 Å². The number of carbonyl (C=O) groups is 1. The van der Waals surface area contributed by atoms with E-state index in [0.29, 0.717) is 5.78 Å². The maximum Gasteiger partial charge on any atom is 0.155 e. The second-order valence-corrected chi connectivity index (χ2v) is 3.82. The maximum absolute atomic E-state index is 11.7. The van der Waals surface area contributed by atoms with Crippen LogP contribution in [0.4, 0.5) is 0 Å². The molecule has 1 heteroatoms. The number of hydrogen-bond donors (Lipinski definition) is 0. The first-order chi connectivity index (χ1) is 6.29. The van der Waals surface area contributed by atoms with Gasteiger partial charge in [-0.25, -0.2) is 0 Å².